The van der Waals surface area contributed by atoms with E-state index >= 15 is 0 Å². The van der Waals surface area contributed by atoms with Crippen LogP contribution in [0, 0.1) is 5.41 Å². The molecule has 128 valence electrons. The molecule has 0 radical (unpaired) electrons. The minimum Gasteiger partial charge on any atom is -0.277 e. The maximum atomic E-state index is 12.7. The van der Waals surface area contributed by atoms with Gasteiger partial charge in [0, 0.05) is 22.4 Å². The predicted molar refractivity (Wildman–Crippen MR) is 103 cm³/mol. The molecular weight excluding hydrogens is 356 g/mol. The number of aromatic nitrogens is 1. The third-order valence-electron chi connectivity index (χ3n) is 3.10. The molecule has 2 heterocycles. The molecule has 0 unspecified atom stereocenters. The first-order valence-corrected chi connectivity index (χ1v) is 9.29. The van der Waals surface area contributed by atoms with Crippen molar-refractivity contribution in [2.45, 2.75) is 19.1 Å². The van der Waals surface area contributed by atoms with Gasteiger partial charge >= 0.3 is 5.91 Å². The van der Waals surface area contributed by atoms with Crippen LogP contribution in [-0.2, 0) is 4.79 Å². The van der Waals surface area contributed by atoms with Gasteiger partial charge in [-0.05, 0) is 0 Å². The van der Waals surface area contributed by atoms with Crippen molar-refractivity contribution in [3.8, 4) is 0 Å². The van der Waals surface area contributed by atoms with Crippen LogP contribution in [0.5, 0.6) is 0 Å². The molecule has 0 saturated heterocycles. The quantitative estimate of drug-likeness (QED) is 0.489. The second-order valence-electron chi connectivity index (χ2n) is 5.31. The van der Waals surface area contributed by atoms with Gasteiger partial charge in [-0.15, -0.1) is 11.3 Å². The topological polar surface area (TPSA) is 93.8 Å². The van der Waals surface area contributed by atoms with Crippen LogP contribution in [0.25, 0.3) is 0 Å². The maximum absolute atomic E-state index is 12.7. The molecule has 0 atom stereocenters. The molecule has 0 spiro atoms. The van der Waals surface area contributed by atoms with Crippen molar-refractivity contribution in [3.05, 3.63) is 47.5 Å². The number of amides is 1. The second kappa shape index (κ2) is 7.58. The lowest BCUT2D eigenvalue weighted by atomic mass is 10.1. The number of anilines is 1. The van der Waals surface area contributed by atoms with E-state index in [9.17, 15) is 4.79 Å². The molecule has 9 heteroatoms. The highest BCUT2D eigenvalue weighted by molar-refractivity contribution is 8.14. The average Bonchev–Trinajstić information content (AvgIpc) is 3.21. The van der Waals surface area contributed by atoms with Crippen LogP contribution in [0.3, 0.4) is 0 Å². The number of rotatable bonds is 4. The molecule has 3 rings (SSSR count). The molecule has 2 N–H and O–H groups in total. The molecule has 0 fully saturated rings. The Morgan fingerprint density at radius 2 is 2.12 bits per heavy atom. The summed E-state index contributed by atoms with van der Waals surface area (Å²) in [5.74, 6) is -0.430. The number of benzene rings is 1. The molecule has 2 aromatic rings. The van der Waals surface area contributed by atoms with Crippen molar-refractivity contribution in [2.75, 3.05) is 5.43 Å². The lowest BCUT2D eigenvalue weighted by Crippen LogP contribution is -2.32. The van der Waals surface area contributed by atoms with Gasteiger partial charge in [0.25, 0.3) is 0 Å². The Kier molecular flexibility index (Phi) is 5.25. The van der Waals surface area contributed by atoms with Crippen molar-refractivity contribution in [3.63, 3.8) is 0 Å². The van der Waals surface area contributed by atoms with Crippen molar-refractivity contribution < 1.29 is 4.79 Å². The Hall–Kier alpha value is -2.52. The minimum absolute atomic E-state index is 0.0767. The molecule has 0 bridgehead atoms. The highest BCUT2D eigenvalue weighted by atomic mass is 32.2. The first-order chi connectivity index (χ1) is 12.1. The maximum Gasteiger partial charge on any atom is 0.303 e. The molecule has 1 amide bonds. The molecule has 1 aromatic carbocycles. The standard InChI is InChI=1S/C16H16N6OS2/c1-10(2)25-15(17)22-14(23)13(19-20-16-18-8-9-24-16)12(21-22)11-6-4-3-5-7-11/h3-10,17H,1-2H3,(H,18,20)/b17-15?,19-13+. The summed E-state index contributed by atoms with van der Waals surface area (Å²) >= 11 is 2.65. The number of nitrogens with one attached hydrogen (secondary N) is 2. The van der Waals surface area contributed by atoms with Crippen molar-refractivity contribution in [1.29, 1.82) is 5.41 Å². The molecule has 7 nitrogen and oxygen atoms in total. The summed E-state index contributed by atoms with van der Waals surface area (Å²) in [6.07, 6.45) is 1.65. The number of hydrogen-bond donors (Lipinski definition) is 2. The van der Waals surface area contributed by atoms with Gasteiger partial charge in [-0.1, -0.05) is 55.9 Å². The van der Waals surface area contributed by atoms with E-state index in [1.165, 1.54) is 23.1 Å². The monoisotopic (exact) mass is 372 g/mol. The smallest absolute Gasteiger partial charge is 0.277 e. The number of thioether (sulfide) groups is 1. The number of carbonyl (C=O) groups is 1. The Morgan fingerprint density at radius 3 is 2.76 bits per heavy atom. The lowest BCUT2D eigenvalue weighted by molar-refractivity contribution is -0.119. The Balaban J connectivity index is 1.94. The summed E-state index contributed by atoms with van der Waals surface area (Å²) in [6.45, 7) is 3.92. The van der Waals surface area contributed by atoms with Gasteiger partial charge in [-0.2, -0.15) is 15.2 Å². The Bertz CT molecular complexity index is 830. The summed E-state index contributed by atoms with van der Waals surface area (Å²) in [5, 5.41) is 20.4. The first-order valence-electron chi connectivity index (χ1n) is 7.53. The Labute approximate surface area is 153 Å². The molecule has 0 aliphatic carbocycles. The first kappa shape index (κ1) is 17.3. The summed E-state index contributed by atoms with van der Waals surface area (Å²) < 4.78 is 0. The molecule has 0 saturated carbocycles. The number of nitrogens with zero attached hydrogens (tertiary/aromatic N) is 4. The van der Waals surface area contributed by atoms with Crippen LogP contribution >= 0.6 is 23.1 Å². The van der Waals surface area contributed by atoms with E-state index in [1.807, 2.05) is 49.6 Å². The highest BCUT2D eigenvalue weighted by Gasteiger charge is 2.35. The van der Waals surface area contributed by atoms with Gasteiger partial charge in [-0.3, -0.25) is 15.6 Å². The fraction of sp³-hybridized carbons (Fsp3) is 0.188. The predicted octanol–water partition coefficient (Wildman–Crippen LogP) is 3.23. The van der Waals surface area contributed by atoms with E-state index in [-0.39, 0.29) is 16.1 Å². The Morgan fingerprint density at radius 1 is 1.36 bits per heavy atom. The van der Waals surface area contributed by atoms with Crippen LogP contribution < -0.4 is 5.43 Å². The van der Waals surface area contributed by atoms with E-state index in [4.69, 9.17) is 5.41 Å². The zero-order valence-corrected chi connectivity index (χ0v) is 15.3. The molecule has 1 aliphatic rings. The van der Waals surface area contributed by atoms with Gasteiger partial charge in [-0.25, -0.2) is 4.98 Å². The fourth-order valence-corrected chi connectivity index (χ4v) is 3.22. The molecule has 25 heavy (non-hydrogen) atoms. The van der Waals surface area contributed by atoms with Gasteiger partial charge in [0.05, 0.1) is 0 Å². The fourth-order valence-electron chi connectivity index (χ4n) is 2.08. The van der Waals surface area contributed by atoms with Gasteiger partial charge in [0.1, 0.15) is 5.71 Å². The average molecular weight is 372 g/mol. The van der Waals surface area contributed by atoms with E-state index in [0.717, 1.165) is 10.6 Å². The van der Waals surface area contributed by atoms with Crippen LogP contribution in [-0.4, -0.2) is 37.7 Å². The van der Waals surface area contributed by atoms with Gasteiger partial charge < -0.3 is 0 Å². The van der Waals surface area contributed by atoms with E-state index in [2.05, 4.69) is 20.6 Å². The number of hydrazone groups is 2. The number of thiazole rings is 1. The largest absolute Gasteiger partial charge is 0.303 e. The van der Waals surface area contributed by atoms with Crippen molar-refractivity contribution in [1.82, 2.24) is 9.99 Å². The van der Waals surface area contributed by atoms with Crippen molar-refractivity contribution in [2.24, 2.45) is 10.2 Å². The second-order valence-corrected chi connectivity index (χ2v) is 7.77. The van der Waals surface area contributed by atoms with Gasteiger partial charge in [0.2, 0.25) is 5.13 Å². The number of amidine groups is 1. The summed E-state index contributed by atoms with van der Waals surface area (Å²) in [6, 6.07) is 9.33. The summed E-state index contributed by atoms with van der Waals surface area (Å²) in [4.78, 5) is 16.8. The third kappa shape index (κ3) is 3.94. The molecule has 1 aromatic heterocycles. The lowest BCUT2D eigenvalue weighted by Gasteiger charge is -2.13. The van der Waals surface area contributed by atoms with E-state index < -0.39 is 5.91 Å². The summed E-state index contributed by atoms with van der Waals surface area (Å²) in [7, 11) is 0. The SMILES string of the molecule is CC(C)SC(=N)N1N=C(c2ccccc2)/C(=N\Nc2nccs2)C1=O. The van der Waals surface area contributed by atoms with Crippen LogP contribution in [0.2, 0.25) is 0 Å². The van der Waals surface area contributed by atoms with Crippen LogP contribution in [0.1, 0.15) is 19.4 Å². The van der Waals surface area contributed by atoms with Crippen LogP contribution in [0.4, 0.5) is 5.13 Å². The van der Waals surface area contributed by atoms with E-state index in [0.29, 0.717) is 10.8 Å². The minimum atomic E-state index is -0.430. The van der Waals surface area contributed by atoms with Crippen LogP contribution in [0.15, 0.2) is 52.1 Å². The number of carbonyl (C=O) groups excluding carboxylic acids is 1. The zero-order chi connectivity index (χ0) is 17.8. The van der Waals surface area contributed by atoms with Crippen molar-refractivity contribution >= 4 is 50.7 Å². The highest BCUT2D eigenvalue weighted by Crippen LogP contribution is 2.21. The molecule has 1 aliphatic heterocycles. The normalized spacial score (nSPS) is 15.8. The van der Waals surface area contributed by atoms with Gasteiger partial charge in [0.15, 0.2) is 10.9 Å². The third-order valence-corrected chi connectivity index (χ3v) is 4.65. The molecular formula is C16H16N6OS2. The summed E-state index contributed by atoms with van der Waals surface area (Å²) in [5.41, 5.74) is 4.15. The number of hydrogen-bond acceptors (Lipinski definition) is 8. The zero-order valence-electron chi connectivity index (χ0n) is 13.6. The van der Waals surface area contributed by atoms with E-state index in [1.54, 1.807) is 6.20 Å².